The molecule has 14 heavy (non-hydrogen) atoms. The molecule has 4 heteroatoms. The third kappa shape index (κ3) is 1.54. The molecule has 0 atom stereocenters. The van der Waals surface area contributed by atoms with Gasteiger partial charge in [-0.2, -0.15) is 5.26 Å². The Kier molecular flexibility index (Phi) is 2.33. The molecule has 0 aliphatic carbocycles. The quantitative estimate of drug-likeness (QED) is 0.735. The number of hydrogen-bond donors (Lipinski definition) is 2. The molecule has 0 aromatic heterocycles. The molecule has 0 amide bonds. The van der Waals surface area contributed by atoms with Crippen molar-refractivity contribution < 1.29 is 4.39 Å². The van der Waals surface area contributed by atoms with Gasteiger partial charge in [0.2, 0.25) is 0 Å². The molecule has 0 spiro atoms. The summed E-state index contributed by atoms with van der Waals surface area (Å²) in [6.07, 6.45) is 0. The van der Waals surface area contributed by atoms with Gasteiger partial charge in [0, 0.05) is 13.1 Å². The van der Waals surface area contributed by atoms with E-state index in [2.05, 4.69) is 10.6 Å². The molecule has 1 fully saturated rings. The lowest BCUT2D eigenvalue weighted by molar-refractivity contribution is 0.472. The van der Waals surface area contributed by atoms with E-state index < -0.39 is 5.82 Å². The summed E-state index contributed by atoms with van der Waals surface area (Å²) in [5.41, 5.74) is 0.679. The molecule has 1 saturated heterocycles. The highest BCUT2D eigenvalue weighted by atomic mass is 19.1. The molecular weight excluding hydrogens is 181 g/mol. The van der Waals surface area contributed by atoms with E-state index in [0.717, 1.165) is 13.1 Å². The van der Waals surface area contributed by atoms with Gasteiger partial charge in [-0.25, -0.2) is 4.39 Å². The fraction of sp³-hybridized carbons (Fsp3) is 0.300. The molecule has 0 bridgehead atoms. The molecular formula is C10H10FN3. The minimum Gasteiger partial charge on any atom is -0.379 e. The van der Waals surface area contributed by atoms with Crippen LogP contribution in [0.3, 0.4) is 0 Å². The van der Waals surface area contributed by atoms with E-state index in [1.807, 2.05) is 6.07 Å². The first-order valence-electron chi connectivity index (χ1n) is 4.47. The molecule has 0 radical (unpaired) electrons. The topological polar surface area (TPSA) is 47.9 Å². The highest BCUT2D eigenvalue weighted by molar-refractivity contribution is 5.58. The second-order valence-corrected chi connectivity index (χ2v) is 3.27. The van der Waals surface area contributed by atoms with E-state index >= 15 is 0 Å². The van der Waals surface area contributed by atoms with E-state index in [4.69, 9.17) is 5.26 Å². The SMILES string of the molecule is N#Cc1c(F)cccc1NC1CNC1. The Bertz CT molecular complexity index is 379. The van der Waals surface area contributed by atoms with E-state index in [1.54, 1.807) is 12.1 Å². The minimum absolute atomic E-state index is 0.0967. The summed E-state index contributed by atoms with van der Waals surface area (Å²) in [6.45, 7) is 1.72. The van der Waals surface area contributed by atoms with Crippen LogP contribution in [0.2, 0.25) is 0 Å². The number of benzene rings is 1. The molecule has 1 aromatic carbocycles. The number of rotatable bonds is 2. The lowest BCUT2D eigenvalue weighted by atomic mass is 10.1. The second kappa shape index (κ2) is 3.64. The summed E-state index contributed by atoms with van der Waals surface area (Å²) < 4.78 is 13.1. The lowest BCUT2D eigenvalue weighted by Crippen LogP contribution is -2.51. The molecule has 2 N–H and O–H groups in total. The van der Waals surface area contributed by atoms with Crippen molar-refractivity contribution in [3.8, 4) is 6.07 Å². The first-order chi connectivity index (χ1) is 6.81. The maximum Gasteiger partial charge on any atom is 0.143 e. The van der Waals surface area contributed by atoms with E-state index in [9.17, 15) is 4.39 Å². The Morgan fingerprint density at radius 2 is 2.29 bits per heavy atom. The van der Waals surface area contributed by atoms with Gasteiger partial charge < -0.3 is 10.6 Å². The maximum atomic E-state index is 13.1. The monoisotopic (exact) mass is 191 g/mol. The van der Waals surface area contributed by atoms with Crippen molar-refractivity contribution >= 4 is 5.69 Å². The van der Waals surface area contributed by atoms with Crippen LogP contribution in [0.1, 0.15) is 5.56 Å². The fourth-order valence-corrected chi connectivity index (χ4v) is 1.37. The summed E-state index contributed by atoms with van der Waals surface area (Å²) in [4.78, 5) is 0. The predicted octanol–water partition coefficient (Wildman–Crippen LogP) is 1.08. The van der Waals surface area contributed by atoms with Crippen LogP contribution in [0.25, 0.3) is 0 Å². The van der Waals surface area contributed by atoms with Crippen molar-refractivity contribution in [2.24, 2.45) is 0 Å². The van der Waals surface area contributed by atoms with Crippen LogP contribution in [0.15, 0.2) is 18.2 Å². The van der Waals surface area contributed by atoms with Crippen LogP contribution in [-0.4, -0.2) is 19.1 Å². The summed E-state index contributed by atoms with van der Waals surface area (Å²) in [5.74, 6) is -0.468. The van der Waals surface area contributed by atoms with Crippen LogP contribution < -0.4 is 10.6 Å². The molecule has 2 rings (SSSR count). The van der Waals surface area contributed by atoms with Crippen LogP contribution in [0, 0.1) is 17.1 Å². The molecule has 1 aliphatic rings. The number of nitrogens with zero attached hydrogens (tertiary/aromatic N) is 1. The zero-order chi connectivity index (χ0) is 9.97. The first kappa shape index (κ1) is 8.97. The number of halogens is 1. The van der Waals surface area contributed by atoms with Gasteiger partial charge in [-0.3, -0.25) is 0 Å². The van der Waals surface area contributed by atoms with Crippen molar-refractivity contribution in [2.45, 2.75) is 6.04 Å². The average Bonchev–Trinajstić information content (AvgIpc) is 2.11. The van der Waals surface area contributed by atoms with Gasteiger partial charge in [-0.05, 0) is 12.1 Å². The highest BCUT2D eigenvalue weighted by Crippen LogP contribution is 2.19. The minimum atomic E-state index is -0.468. The van der Waals surface area contributed by atoms with Crippen molar-refractivity contribution in [1.82, 2.24) is 5.32 Å². The molecule has 0 saturated carbocycles. The van der Waals surface area contributed by atoms with Gasteiger partial charge in [0.25, 0.3) is 0 Å². The highest BCUT2D eigenvalue weighted by Gasteiger charge is 2.18. The standard InChI is InChI=1S/C10H10FN3/c11-9-2-1-3-10(8(9)4-12)14-7-5-13-6-7/h1-3,7,13-14H,5-6H2. The molecule has 1 aromatic rings. The number of nitrogens with one attached hydrogen (secondary N) is 2. The third-order valence-corrected chi connectivity index (χ3v) is 2.27. The van der Waals surface area contributed by atoms with E-state index in [-0.39, 0.29) is 5.56 Å². The van der Waals surface area contributed by atoms with Gasteiger partial charge in [-0.1, -0.05) is 6.07 Å². The Labute approximate surface area is 81.5 Å². The summed E-state index contributed by atoms with van der Waals surface area (Å²) in [5, 5.41) is 15.0. The summed E-state index contributed by atoms with van der Waals surface area (Å²) >= 11 is 0. The molecule has 1 aliphatic heterocycles. The van der Waals surface area contributed by atoms with Gasteiger partial charge in [0.05, 0.1) is 11.7 Å². The molecule has 0 unspecified atom stereocenters. The van der Waals surface area contributed by atoms with Crippen LogP contribution >= 0.6 is 0 Å². The fourth-order valence-electron chi connectivity index (χ4n) is 1.37. The summed E-state index contributed by atoms with van der Waals surface area (Å²) in [7, 11) is 0. The van der Waals surface area contributed by atoms with Gasteiger partial charge >= 0.3 is 0 Å². The Morgan fingerprint density at radius 3 is 2.86 bits per heavy atom. The van der Waals surface area contributed by atoms with Crippen LogP contribution in [-0.2, 0) is 0 Å². The van der Waals surface area contributed by atoms with Crippen molar-refractivity contribution in [2.75, 3.05) is 18.4 Å². The molecule has 72 valence electrons. The second-order valence-electron chi connectivity index (χ2n) is 3.27. The summed E-state index contributed by atoms with van der Waals surface area (Å²) in [6, 6.07) is 6.79. The number of nitriles is 1. The van der Waals surface area contributed by atoms with Gasteiger partial charge in [-0.15, -0.1) is 0 Å². The smallest absolute Gasteiger partial charge is 0.143 e. The van der Waals surface area contributed by atoms with Crippen LogP contribution in [0.4, 0.5) is 10.1 Å². The zero-order valence-corrected chi connectivity index (χ0v) is 7.55. The average molecular weight is 191 g/mol. The number of hydrogen-bond acceptors (Lipinski definition) is 3. The van der Waals surface area contributed by atoms with Crippen molar-refractivity contribution in [3.05, 3.63) is 29.6 Å². The van der Waals surface area contributed by atoms with E-state index in [0.29, 0.717) is 11.7 Å². The Morgan fingerprint density at radius 1 is 1.50 bits per heavy atom. The zero-order valence-electron chi connectivity index (χ0n) is 7.55. The van der Waals surface area contributed by atoms with Gasteiger partial charge in [0.1, 0.15) is 17.4 Å². The van der Waals surface area contributed by atoms with E-state index in [1.165, 1.54) is 6.07 Å². The van der Waals surface area contributed by atoms with Crippen LogP contribution in [0.5, 0.6) is 0 Å². The van der Waals surface area contributed by atoms with Gasteiger partial charge in [0.15, 0.2) is 0 Å². The Balaban J connectivity index is 2.23. The maximum absolute atomic E-state index is 13.1. The predicted molar refractivity (Wildman–Crippen MR) is 51.4 cm³/mol. The normalized spacial score (nSPS) is 15.7. The largest absolute Gasteiger partial charge is 0.379 e. The Hall–Kier alpha value is -1.60. The van der Waals surface area contributed by atoms with Crippen molar-refractivity contribution in [3.63, 3.8) is 0 Å². The third-order valence-electron chi connectivity index (χ3n) is 2.27. The van der Waals surface area contributed by atoms with Crippen molar-refractivity contribution in [1.29, 1.82) is 5.26 Å². The number of anilines is 1. The molecule has 3 nitrogen and oxygen atoms in total. The first-order valence-corrected chi connectivity index (χ1v) is 4.47. The molecule has 1 heterocycles. The lowest BCUT2D eigenvalue weighted by Gasteiger charge is -2.29.